The third-order valence-electron chi connectivity index (χ3n) is 3.59. The zero-order valence-corrected chi connectivity index (χ0v) is 13.3. The highest BCUT2D eigenvalue weighted by atomic mass is 35.5. The first kappa shape index (κ1) is 15.1. The zero-order chi connectivity index (χ0) is 15.7. The lowest BCUT2D eigenvalue weighted by Gasteiger charge is -2.28. The molecule has 1 aliphatic rings. The molecule has 1 aliphatic heterocycles. The molecule has 3 rings (SSSR count). The maximum atomic E-state index is 12.0. The molecule has 1 fully saturated rings. The van der Waals surface area contributed by atoms with E-state index in [2.05, 4.69) is 14.9 Å². The standard InChI is InChI=1S/C14H17ClN4O3/c1-3-22-14(20)13-17-11-9(19-4-6-21-7-5-19)8-10(15)16-12(11)18(13)2/h8H,3-7H2,1-2H3. The summed E-state index contributed by atoms with van der Waals surface area (Å²) in [6.07, 6.45) is 0. The first-order valence-corrected chi connectivity index (χ1v) is 7.52. The molecule has 1 saturated heterocycles. The highest BCUT2D eigenvalue weighted by Gasteiger charge is 2.23. The molecule has 3 heterocycles. The van der Waals surface area contributed by atoms with Crippen LogP contribution in [0, 0.1) is 0 Å². The number of imidazole rings is 1. The fourth-order valence-electron chi connectivity index (χ4n) is 2.53. The van der Waals surface area contributed by atoms with Gasteiger partial charge in [-0.1, -0.05) is 11.6 Å². The van der Waals surface area contributed by atoms with Gasteiger partial charge in [0.2, 0.25) is 5.82 Å². The molecule has 0 radical (unpaired) electrons. The fraction of sp³-hybridized carbons (Fsp3) is 0.500. The second kappa shape index (κ2) is 6.10. The number of hydrogen-bond donors (Lipinski definition) is 0. The molecule has 2 aromatic rings. The topological polar surface area (TPSA) is 69.5 Å². The van der Waals surface area contributed by atoms with Crippen molar-refractivity contribution in [1.82, 2.24) is 14.5 Å². The van der Waals surface area contributed by atoms with E-state index >= 15 is 0 Å². The van der Waals surface area contributed by atoms with E-state index in [4.69, 9.17) is 21.1 Å². The number of anilines is 1. The Balaban J connectivity index is 2.12. The number of pyridine rings is 1. The number of aryl methyl sites for hydroxylation is 1. The Morgan fingerprint density at radius 3 is 2.82 bits per heavy atom. The summed E-state index contributed by atoms with van der Waals surface area (Å²) in [5.41, 5.74) is 2.08. The van der Waals surface area contributed by atoms with Gasteiger partial charge in [-0.25, -0.2) is 14.8 Å². The van der Waals surface area contributed by atoms with Crippen LogP contribution in [0.1, 0.15) is 17.5 Å². The van der Waals surface area contributed by atoms with E-state index in [-0.39, 0.29) is 5.82 Å². The van der Waals surface area contributed by atoms with Crippen LogP contribution < -0.4 is 4.90 Å². The molecule has 0 unspecified atom stereocenters. The molecule has 0 N–H and O–H groups in total. The van der Waals surface area contributed by atoms with Gasteiger partial charge in [0.25, 0.3) is 0 Å². The van der Waals surface area contributed by atoms with Crippen molar-refractivity contribution in [3.05, 3.63) is 17.0 Å². The number of nitrogens with zero attached hydrogens (tertiary/aromatic N) is 4. The molecule has 118 valence electrons. The molecule has 0 spiro atoms. The van der Waals surface area contributed by atoms with Crippen LogP contribution in [0.25, 0.3) is 11.2 Å². The molecule has 0 amide bonds. The number of esters is 1. The number of ether oxygens (including phenoxy) is 2. The lowest BCUT2D eigenvalue weighted by molar-refractivity contribution is 0.0508. The lowest BCUT2D eigenvalue weighted by Crippen LogP contribution is -2.36. The molecule has 7 nitrogen and oxygen atoms in total. The average Bonchev–Trinajstić information content (AvgIpc) is 2.85. The fourth-order valence-corrected chi connectivity index (χ4v) is 2.71. The quantitative estimate of drug-likeness (QED) is 0.631. The van der Waals surface area contributed by atoms with E-state index in [0.29, 0.717) is 36.1 Å². The van der Waals surface area contributed by atoms with Crippen LogP contribution in [0.2, 0.25) is 5.15 Å². The predicted molar refractivity (Wildman–Crippen MR) is 82.5 cm³/mol. The zero-order valence-electron chi connectivity index (χ0n) is 12.5. The molecule has 8 heteroatoms. The number of aromatic nitrogens is 3. The molecular formula is C14H17ClN4O3. The van der Waals surface area contributed by atoms with Gasteiger partial charge in [-0.15, -0.1) is 0 Å². The van der Waals surface area contributed by atoms with Gasteiger partial charge in [-0.2, -0.15) is 0 Å². The van der Waals surface area contributed by atoms with Gasteiger partial charge in [0.1, 0.15) is 10.7 Å². The van der Waals surface area contributed by atoms with Crippen LogP contribution in [0.5, 0.6) is 0 Å². The van der Waals surface area contributed by atoms with E-state index in [1.165, 1.54) is 0 Å². The first-order chi connectivity index (χ1) is 10.6. The third kappa shape index (κ3) is 2.62. The lowest BCUT2D eigenvalue weighted by atomic mass is 10.3. The summed E-state index contributed by atoms with van der Waals surface area (Å²) in [7, 11) is 1.73. The van der Waals surface area contributed by atoms with E-state index in [1.54, 1.807) is 24.6 Å². The van der Waals surface area contributed by atoms with Crippen LogP contribution in [0.3, 0.4) is 0 Å². The SMILES string of the molecule is CCOC(=O)c1nc2c(N3CCOCC3)cc(Cl)nc2n1C. The molecule has 22 heavy (non-hydrogen) atoms. The van der Waals surface area contributed by atoms with E-state index in [9.17, 15) is 4.79 Å². The minimum atomic E-state index is -0.466. The molecule has 0 aromatic carbocycles. The normalized spacial score (nSPS) is 15.3. The summed E-state index contributed by atoms with van der Waals surface area (Å²) in [4.78, 5) is 22.9. The Kier molecular flexibility index (Phi) is 4.17. The molecular weight excluding hydrogens is 308 g/mol. The van der Waals surface area contributed by atoms with Gasteiger partial charge in [0.05, 0.1) is 25.5 Å². The predicted octanol–water partition coefficient (Wildman–Crippen LogP) is 1.64. The Hall–Kier alpha value is -1.86. The second-order valence-corrected chi connectivity index (χ2v) is 5.34. The van der Waals surface area contributed by atoms with Crippen LogP contribution in [0.4, 0.5) is 5.69 Å². The van der Waals surface area contributed by atoms with E-state index in [0.717, 1.165) is 18.8 Å². The molecule has 0 saturated carbocycles. The van der Waals surface area contributed by atoms with E-state index < -0.39 is 5.97 Å². The highest BCUT2D eigenvalue weighted by Crippen LogP contribution is 2.29. The Labute approximate surface area is 132 Å². The van der Waals surface area contributed by atoms with Crippen molar-refractivity contribution in [1.29, 1.82) is 0 Å². The highest BCUT2D eigenvalue weighted by molar-refractivity contribution is 6.30. The van der Waals surface area contributed by atoms with Crippen molar-refractivity contribution in [3.8, 4) is 0 Å². The minimum Gasteiger partial charge on any atom is -0.460 e. The van der Waals surface area contributed by atoms with Crippen LogP contribution in [-0.2, 0) is 16.5 Å². The molecule has 2 aromatic heterocycles. The van der Waals surface area contributed by atoms with Gasteiger partial charge in [-0.05, 0) is 6.92 Å². The number of halogens is 1. The van der Waals surface area contributed by atoms with Gasteiger partial charge in [-0.3, -0.25) is 0 Å². The smallest absolute Gasteiger partial charge is 0.374 e. The molecule has 0 atom stereocenters. The maximum Gasteiger partial charge on any atom is 0.374 e. The number of morpholine rings is 1. The largest absolute Gasteiger partial charge is 0.460 e. The Morgan fingerprint density at radius 2 is 2.14 bits per heavy atom. The summed E-state index contributed by atoms with van der Waals surface area (Å²) < 4.78 is 12.0. The van der Waals surface area contributed by atoms with Gasteiger partial charge in [0, 0.05) is 26.2 Å². The Morgan fingerprint density at radius 1 is 1.41 bits per heavy atom. The number of rotatable bonds is 3. The van der Waals surface area contributed by atoms with Gasteiger partial charge >= 0.3 is 5.97 Å². The number of carbonyl (C=O) groups is 1. The third-order valence-corrected chi connectivity index (χ3v) is 3.78. The monoisotopic (exact) mass is 324 g/mol. The number of carbonyl (C=O) groups excluding carboxylic acids is 1. The average molecular weight is 325 g/mol. The van der Waals surface area contributed by atoms with Crippen LogP contribution >= 0.6 is 11.6 Å². The van der Waals surface area contributed by atoms with Crippen molar-refractivity contribution in [2.24, 2.45) is 7.05 Å². The molecule has 0 bridgehead atoms. The van der Waals surface area contributed by atoms with Crippen molar-refractivity contribution in [2.45, 2.75) is 6.92 Å². The number of fused-ring (bicyclic) bond motifs is 1. The number of hydrogen-bond acceptors (Lipinski definition) is 6. The van der Waals surface area contributed by atoms with Gasteiger partial charge in [0.15, 0.2) is 5.65 Å². The van der Waals surface area contributed by atoms with Crippen molar-refractivity contribution in [3.63, 3.8) is 0 Å². The minimum absolute atomic E-state index is 0.223. The summed E-state index contributed by atoms with van der Waals surface area (Å²) in [6, 6.07) is 1.77. The van der Waals surface area contributed by atoms with E-state index in [1.807, 2.05) is 0 Å². The maximum absolute atomic E-state index is 12.0. The summed E-state index contributed by atoms with van der Waals surface area (Å²) >= 11 is 6.14. The van der Waals surface area contributed by atoms with Gasteiger partial charge < -0.3 is 18.9 Å². The Bertz CT molecular complexity index is 710. The summed E-state index contributed by atoms with van der Waals surface area (Å²) in [6.45, 7) is 4.86. The summed E-state index contributed by atoms with van der Waals surface area (Å²) in [5, 5.41) is 0.368. The first-order valence-electron chi connectivity index (χ1n) is 7.14. The van der Waals surface area contributed by atoms with Crippen molar-refractivity contribution >= 4 is 34.4 Å². The second-order valence-electron chi connectivity index (χ2n) is 4.95. The molecule has 0 aliphatic carbocycles. The van der Waals surface area contributed by atoms with Crippen LogP contribution in [0.15, 0.2) is 6.07 Å². The van der Waals surface area contributed by atoms with Crippen molar-refractivity contribution < 1.29 is 14.3 Å². The summed E-state index contributed by atoms with van der Waals surface area (Å²) in [5.74, 6) is -0.242. The van der Waals surface area contributed by atoms with Crippen LogP contribution in [-0.4, -0.2) is 53.4 Å². The van der Waals surface area contributed by atoms with Crippen molar-refractivity contribution in [2.75, 3.05) is 37.8 Å².